The Bertz CT molecular complexity index is 980. The van der Waals surface area contributed by atoms with Crippen LogP contribution in [-0.2, 0) is 14.6 Å². The third-order valence-electron chi connectivity index (χ3n) is 2.20. The van der Waals surface area contributed by atoms with E-state index in [1.54, 1.807) is 0 Å². The van der Waals surface area contributed by atoms with Crippen LogP contribution in [0.3, 0.4) is 0 Å². The van der Waals surface area contributed by atoms with Crippen LogP contribution in [0.4, 0.5) is 0 Å². The quantitative estimate of drug-likeness (QED) is 0.334. The van der Waals surface area contributed by atoms with Crippen LogP contribution < -0.4 is 0 Å². The highest BCUT2D eigenvalue weighted by molar-refractivity contribution is 9.42. The molecule has 0 unspecified atom stereocenters. The summed E-state index contributed by atoms with van der Waals surface area (Å²) in [4.78, 5) is 11.8. The molecule has 1 aromatic rings. The molecule has 0 aliphatic rings. The number of hydrogen-bond donors (Lipinski definition) is 0. The fourth-order valence-corrected chi connectivity index (χ4v) is 3.70. The smallest absolute Gasteiger partial charge is 0.352 e. The van der Waals surface area contributed by atoms with Gasteiger partial charge in [-0.2, -0.15) is 0 Å². The van der Waals surface area contributed by atoms with Crippen molar-refractivity contribution < 1.29 is 17.9 Å². The third-order valence-corrected chi connectivity index (χ3v) is 7.52. The van der Waals surface area contributed by atoms with Gasteiger partial charge in [0.2, 0.25) is 11.3 Å². The molecular weight excluding hydrogens is 528 g/mol. The molecule has 0 aliphatic carbocycles. The lowest BCUT2D eigenvalue weighted by molar-refractivity contribution is 0.0690. The first-order valence-electron chi connectivity index (χ1n) is 5.78. The molecule has 120 valence electrons. The molecule has 0 spiro atoms. The van der Waals surface area contributed by atoms with Crippen molar-refractivity contribution in [1.82, 2.24) is 0 Å². The third kappa shape index (κ3) is 5.75. The molecule has 0 bridgehead atoms. The molecule has 0 N–H and O–H groups in total. The summed E-state index contributed by atoms with van der Waals surface area (Å²) in [7, 11) is -3.82. The van der Waals surface area contributed by atoms with Crippen LogP contribution in [0.15, 0.2) is 29.2 Å². The zero-order valence-corrected chi connectivity index (χ0v) is 17.1. The van der Waals surface area contributed by atoms with Gasteiger partial charge in [-0.1, -0.05) is 6.07 Å². The van der Waals surface area contributed by atoms with Crippen molar-refractivity contribution in [3.63, 3.8) is 0 Å². The molecule has 0 atom stereocenters. The zero-order valence-electron chi connectivity index (χ0n) is 11.6. The Morgan fingerprint density at radius 3 is 2.33 bits per heavy atom. The van der Waals surface area contributed by atoms with Gasteiger partial charge in [-0.05, 0) is 83.8 Å². The molecular formula is C16H5Br3O4S. The van der Waals surface area contributed by atoms with Crippen molar-refractivity contribution in [2.24, 2.45) is 0 Å². The van der Waals surface area contributed by atoms with Crippen LogP contribution >= 0.6 is 47.8 Å². The van der Waals surface area contributed by atoms with Crippen molar-refractivity contribution in [3.8, 4) is 48.1 Å². The van der Waals surface area contributed by atoms with E-state index >= 15 is 0 Å². The molecule has 1 rings (SSSR count). The van der Waals surface area contributed by atoms with Gasteiger partial charge in [0.15, 0.2) is 0 Å². The summed E-state index contributed by atoms with van der Waals surface area (Å²) in [6, 6.07) is 5.31. The lowest BCUT2D eigenvalue weighted by Crippen LogP contribution is -2.18. The van der Waals surface area contributed by atoms with E-state index in [2.05, 4.69) is 94.2 Å². The summed E-state index contributed by atoms with van der Waals surface area (Å²) in [6.45, 7) is 0. The van der Waals surface area contributed by atoms with E-state index in [4.69, 9.17) is 6.42 Å². The number of hydrogen-bond acceptors (Lipinski definition) is 4. The number of rotatable bonds is 2. The van der Waals surface area contributed by atoms with Gasteiger partial charge < -0.3 is 4.74 Å². The Hall–Kier alpha value is -1.68. The van der Waals surface area contributed by atoms with E-state index in [0.29, 0.717) is 0 Å². The van der Waals surface area contributed by atoms with E-state index in [0.717, 1.165) is 0 Å². The fraction of sp³-hybridized carbons (Fsp3) is 0.0625. The summed E-state index contributed by atoms with van der Waals surface area (Å²) >= 11 is 8.83. The Morgan fingerprint density at radius 2 is 1.71 bits per heavy atom. The number of carbonyl (C=O) groups is 1. The highest BCUT2D eigenvalue weighted by Crippen LogP contribution is 2.43. The van der Waals surface area contributed by atoms with Gasteiger partial charge in [0.25, 0.3) is 0 Å². The van der Waals surface area contributed by atoms with Gasteiger partial charge in [0, 0.05) is 17.8 Å². The van der Waals surface area contributed by atoms with E-state index in [1.807, 2.05) is 0 Å². The van der Waals surface area contributed by atoms with E-state index in [-0.39, 0.29) is 10.5 Å². The maximum atomic E-state index is 12.2. The zero-order chi connectivity index (χ0) is 18.2. The standard InChI is InChI=1S/C16H5Br3O4S/c1-2-3-4-5-6-7-11-23-15(20)13-9-8-10-14(12-13)24(21,22)16(17,18)19/h1,8-10,12H. The van der Waals surface area contributed by atoms with Crippen LogP contribution in [0.5, 0.6) is 0 Å². The maximum Gasteiger partial charge on any atom is 0.352 e. The summed E-state index contributed by atoms with van der Waals surface area (Å²) in [6.07, 6.45) is 6.97. The second-order valence-electron chi connectivity index (χ2n) is 3.74. The summed E-state index contributed by atoms with van der Waals surface area (Å²) in [5.41, 5.74) is 0.0159. The maximum absolute atomic E-state index is 12.2. The second kappa shape index (κ2) is 8.97. The van der Waals surface area contributed by atoms with Crippen molar-refractivity contribution in [2.45, 2.75) is 6.37 Å². The highest BCUT2D eigenvalue weighted by atomic mass is 80.0. The van der Waals surface area contributed by atoms with Gasteiger partial charge in [0.05, 0.1) is 10.5 Å². The predicted octanol–water partition coefficient (Wildman–Crippen LogP) is 3.01. The molecule has 4 nitrogen and oxygen atoms in total. The van der Waals surface area contributed by atoms with Crippen molar-refractivity contribution in [1.29, 1.82) is 0 Å². The lowest BCUT2D eigenvalue weighted by Gasteiger charge is -2.13. The van der Waals surface area contributed by atoms with E-state index < -0.39 is 17.3 Å². The Kier molecular flexibility index (Phi) is 7.61. The highest BCUT2D eigenvalue weighted by Gasteiger charge is 2.37. The average Bonchev–Trinajstić information content (AvgIpc) is 2.53. The number of halogens is 3. The number of alkyl halides is 3. The van der Waals surface area contributed by atoms with Crippen molar-refractivity contribution in [3.05, 3.63) is 29.8 Å². The van der Waals surface area contributed by atoms with Crippen LogP contribution in [0, 0.1) is 48.1 Å². The molecule has 1 aromatic carbocycles. The molecule has 0 amide bonds. The van der Waals surface area contributed by atoms with Crippen molar-refractivity contribution >= 4 is 63.6 Å². The molecule has 0 fully saturated rings. The molecule has 0 aromatic heterocycles. The number of terminal acetylenes is 1. The Labute approximate surface area is 165 Å². The number of sulfone groups is 1. The topological polar surface area (TPSA) is 60.4 Å². The SMILES string of the molecule is C#CC#CC#CC#COC(=O)c1cccc(S(=O)(=O)C(Br)(Br)Br)c1. The molecule has 8 heteroatoms. The minimum absolute atomic E-state index is 0.0159. The molecule has 0 saturated heterocycles. The van der Waals surface area contributed by atoms with Gasteiger partial charge in [0.1, 0.15) is 6.11 Å². The van der Waals surface area contributed by atoms with Crippen LogP contribution in [0.2, 0.25) is 0 Å². The Morgan fingerprint density at radius 1 is 1.08 bits per heavy atom. The van der Waals surface area contributed by atoms with Gasteiger partial charge in [-0.25, -0.2) is 13.2 Å². The first-order valence-corrected chi connectivity index (χ1v) is 9.64. The van der Waals surface area contributed by atoms with E-state index in [9.17, 15) is 13.2 Å². The van der Waals surface area contributed by atoms with Crippen LogP contribution in [0.25, 0.3) is 0 Å². The molecule has 0 heterocycles. The minimum atomic E-state index is -3.82. The van der Waals surface area contributed by atoms with Crippen molar-refractivity contribution in [2.75, 3.05) is 0 Å². The summed E-state index contributed by atoms with van der Waals surface area (Å²) < 4.78 is 27.6. The Balaban J connectivity index is 2.96. The second-order valence-corrected chi connectivity index (χ2v) is 14.2. The number of esters is 1. The molecule has 0 radical (unpaired) electrons. The minimum Gasteiger partial charge on any atom is -0.367 e. The largest absolute Gasteiger partial charge is 0.367 e. The fourth-order valence-electron chi connectivity index (χ4n) is 1.21. The summed E-state index contributed by atoms with van der Waals surface area (Å²) in [5, 5.41) is 0. The van der Waals surface area contributed by atoms with E-state index in [1.165, 1.54) is 24.3 Å². The normalized spacial score (nSPS) is 9.75. The first kappa shape index (κ1) is 20.4. The van der Waals surface area contributed by atoms with Gasteiger partial charge >= 0.3 is 5.97 Å². The van der Waals surface area contributed by atoms with Gasteiger partial charge in [-0.3, -0.25) is 0 Å². The van der Waals surface area contributed by atoms with Gasteiger partial charge in [-0.15, -0.1) is 6.42 Å². The number of benzene rings is 1. The first-order chi connectivity index (χ1) is 11.2. The monoisotopic (exact) mass is 530 g/mol. The summed E-state index contributed by atoms with van der Waals surface area (Å²) in [5.74, 6) is 12.7. The average molecular weight is 533 g/mol. The number of ether oxygens (including phenoxy) is 1. The molecule has 0 saturated carbocycles. The lowest BCUT2D eigenvalue weighted by atomic mass is 10.2. The molecule has 0 aliphatic heterocycles. The van der Waals surface area contributed by atoms with Crippen LogP contribution in [-0.4, -0.2) is 15.9 Å². The molecule has 24 heavy (non-hydrogen) atoms. The predicted molar refractivity (Wildman–Crippen MR) is 101 cm³/mol. The van der Waals surface area contributed by atoms with Crippen LogP contribution in [0.1, 0.15) is 10.4 Å². The number of carbonyl (C=O) groups excluding carboxylic acids is 1.